The maximum atomic E-state index is 12.8. The van der Waals surface area contributed by atoms with Crippen LogP contribution in [0.3, 0.4) is 0 Å². The fourth-order valence-electron chi connectivity index (χ4n) is 2.01. The van der Waals surface area contributed by atoms with Crippen molar-refractivity contribution in [2.45, 2.75) is 19.6 Å². The summed E-state index contributed by atoms with van der Waals surface area (Å²) < 4.78 is 39.4. The van der Waals surface area contributed by atoms with E-state index in [1.165, 1.54) is 13.0 Å². The molecule has 0 aliphatic carbocycles. The maximum Gasteiger partial charge on any atom is 0.442 e. The summed E-state index contributed by atoms with van der Waals surface area (Å²) >= 11 is 0. The SMILES string of the molecule is Cc1c([N+](=O)[O-])c(C(F)(F)F)nn1Cc1cccc(C#N)c1. The molecule has 0 unspecified atom stereocenters. The fourth-order valence-corrected chi connectivity index (χ4v) is 2.01. The number of hydrogen-bond donors (Lipinski definition) is 0. The van der Waals surface area contributed by atoms with E-state index in [2.05, 4.69) is 5.10 Å². The van der Waals surface area contributed by atoms with Gasteiger partial charge in [-0.25, -0.2) is 0 Å². The average Bonchev–Trinajstić information content (AvgIpc) is 2.76. The van der Waals surface area contributed by atoms with Crippen molar-refractivity contribution in [2.24, 2.45) is 0 Å². The molecule has 9 heteroatoms. The van der Waals surface area contributed by atoms with Crippen molar-refractivity contribution in [2.75, 3.05) is 0 Å². The summed E-state index contributed by atoms with van der Waals surface area (Å²) in [5.74, 6) is 0. The van der Waals surface area contributed by atoms with Crippen molar-refractivity contribution in [1.82, 2.24) is 9.78 Å². The molecule has 1 aromatic heterocycles. The predicted octanol–water partition coefficient (Wildman–Crippen LogP) is 3.04. The highest BCUT2D eigenvalue weighted by Gasteiger charge is 2.44. The molecule has 0 atom stereocenters. The Bertz CT molecular complexity index is 775. The third-order valence-corrected chi connectivity index (χ3v) is 3.01. The van der Waals surface area contributed by atoms with Gasteiger partial charge in [-0.3, -0.25) is 14.8 Å². The van der Waals surface area contributed by atoms with Gasteiger partial charge in [-0.15, -0.1) is 0 Å². The van der Waals surface area contributed by atoms with Gasteiger partial charge in [0.25, 0.3) is 0 Å². The van der Waals surface area contributed by atoms with Gasteiger partial charge in [0.1, 0.15) is 5.69 Å². The standard InChI is InChI=1S/C13H9F3N4O2/c1-8-11(20(21)22)12(13(14,15)16)18-19(8)7-10-4-2-3-9(5-10)6-17/h2-5H,7H2,1H3. The first kappa shape index (κ1) is 15.5. The van der Waals surface area contributed by atoms with E-state index in [4.69, 9.17) is 5.26 Å². The summed E-state index contributed by atoms with van der Waals surface area (Å²) in [6.07, 6.45) is -4.91. The van der Waals surface area contributed by atoms with Crippen molar-refractivity contribution in [3.63, 3.8) is 0 Å². The zero-order chi connectivity index (χ0) is 16.5. The third kappa shape index (κ3) is 2.90. The van der Waals surface area contributed by atoms with E-state index in [1.54, 1.807) is 18.2 Å². The predicted molar refractivity (Wildman–Crippen MR) is 68.9 cm³/mol. The summed E-state index contributed by atoms with van der Waals surface area (Å²) in [5, 5.41) is 23.0. The highest BCUT2D eigenvalue weighted by molar-refractivity contribution is 5.42. The molecular formula is C13H9F3N4O2. The molecule has 0 bridgehead atoms. The van der Waals surface area contributed by atoms with Gasteiger partial charge in [0, 0.05) is 0 Å². The molecule has 114 valence electrons. The number of hydrogen-bond acceptors (Lipinski definition) is 4. The lowest BCUT2D eigenvalue weighted by atomic mass is 10.1. The van der Waals surface area contributed by atoms with Crippen LogP contribution in [0.5, 0.6) is 0 Å². The highest BCUT2D eigenvalue weighted by Crippen LogP contribution is 2.37. The van der Waals surface area contributed by atoms with Crippen LogP contribution in [0.15, 0.2) is 24.3 Å². The normalized spacial score (nSPS) is 11.2. The second kappa shape index (κ2) is 5.48. The number of aromatic nitrogens is 2. The van der Waals surface area contributed by atoms with E-state index in [-0.39, 0.29) is 12.2 Å². The molecule has 0 N–H and O–H groups in total. The first-order valence-corrected chi connectivity index (χ1v) is 6.02. The van der Waals surface area contributed by atoms with Crippen LogP contribution in [0, 0.1) is 28.4 Å². The topological polar surface area (TPSA) is 84.8 Å². The second-order valence-electron chi connectivity index (χ2n) is 4.51. The van der Waals surface area contributed by atoms with Gasteiger partial charge in [-0.05, 0) is 24.6 Å². The van der Waals surface area contributed by atoms with Gasteiger partial charge in [-0.1, -0.05) is 12.1 Å². The minimum atomic E-state index is -4.91. The summed E-state index contributed by atoms with van der Waals surface area (Å²) in [4.78, 5) is 9.77. The first-order chi connectivity index (χ1) is 10.2. The third-order valence-electron chi connectivity index (χ3n) is 3.01. The zero-order valence-electron chi connectivity index (χ0n) is 11.3. The van der Waals surface area contributed by atoms with Crippen molar-refractivity contribution in [1.29, 1.82) is 5.26 Å². The Morgan fingerprint density at radius 3 is 2.64 bits per heavy atom. The molecule has 2 rings (SSSR count). The Morgan fingerprint density at radius 1 is 1.45 bits per heavy atom. The molecule has 1 aromatic carbocycles. The van der Waals surface area contributed by atoms with Crippen molar-refractivity contribution >= 4 is 5.69 Å². The number of alkyl halides is 3. The molecule has 6 nitrogen and oxygen atoms in total. The molecule has 1 heterocycles. The molecule has 22 heavy (non-hydrogen) atoms. The minimum absolute atomic E-state index is 0.0989. The van der Waals surface area contributed by atoms with Crippen LogP contribution in [0.25, 0.3) is 0 Å². The Kier molecular flexibility index (Phi) is 3.86. The van der Waals surface area contributed by atoms with E-state index in [0.717, 1.165) is 4.68 Å². The molecule has 0 amide bonds. The lowest BCUT2D eigenvalue weighted by Gasteiger charge is -2.04. The lowest BCUT2D eigenvalue weighted by molar-refractivity contribution is -0.388. The lowest BCUT2D eigenvalue weighted by Crippen LogP contribution is -2.10. The number of nitrogens with zero attached hydrogens (tertiary/aromatic N) is 4. The van der Waals surface area contributed by atoms with E-state index < -0.39 is 22.5 Å². The van der Waals surface area contributed by atoms with Crippen LogP contribution < -0.4 is 0 Å². The van der Waals surface area contributed by atoms with E-state index in [0.29, 0.717) is 11.1 Å². The van der Waals surface area contributed by atoms with Crippen molar-refractivity contribution in [3.05, 3.63) is 56.9 Å². The number of nitriles is 1. The Labute approximate surface area is 122 Å². The van der Waals surface area contributed by atoms with Gasteiger partial charge in [0.15, 0.2) is 0 Å². The molecule has 2 aromatic rings. The van der Waals surface area contributed by atoms with E-state index >= 15 is 0 Å². The molecule has 0 aliphatic rings. The van der Waals surface area contributed by atoms with Crippen molar-refractivity contribution < 1.29 is 18.1 Å². The van der Waals surface area contributed by atoms with Crippen LogP contribution >= 0.6 is 0 Å². The number of nitro groups is 1. The highest BCUT2D eigenvalue weighted by atomic mass is 19.4. The molecule has 0 spiro atoms. The molecule has 0 saturated carbocycles. The van der Waals surface area contributed by atoms with Gasteiger partial charge < -0.3 is 0 Å². The van der Waals surface area contributed by atoms with Gasteiger partial charge in [0.05, 0.1) is 23.1 Å². The van der Waals surface area contributed by atoms with Crippen LogP contribution in [-0.2, 0) is 12.7 Å². The van der Waals surface area contributed by atoms with Gasteiger partial charge >= 0.3 is 11.9 Å². The van der Waals surface area contributed by atoms with Crippen LogP contribution in [0.4, 0.5) is 18.9 Å². The molecule has 0 aliphatic heterocycles. The largest absolute Gasteiger partial charge is 0.442 e. The number of benzene rings is 1. The van der Waals surface area contributed by atoms with Gasteiger partial charge in [0.2, 0.25) is 5.69 Å². The molecular weight excluding hydrogens is 301 g/mol. The molecule has 0 saturated heterocycles. The fraction of sp³-hybridized carbons (Fsp3) is 0.231. The minimum Gasteiger partial charge on any atom is -0.258 e. The quantitative estimate of drug-likeness (QED) is 0.644. The Morgan fingerprint density at radius 2 is 2.14 bits per heavy atom. The van der Waals surface area contributed by atoms with Gasteiger partial charge in [-0.2, -0.15) is 23.5 Å². The summed E-state index contributed by atoms with van der Waals surface area (Å²) in [5.41, 5.74) is -1.91. The Hall–Kier alpha value is -2.89. The van der Waals surface area contributed by atoms with Crippen LogP contribution in [-0.4, -0.2) is 14.7 Å². The smallest absolute Gasteiger partial charge is 0.258 e. The number of halogens is 3. The van der Waals surface area contributed by atoms with E-state index in [1.807, 2.05) is 6.07 Å². The summed E-state index contributed by atoms with van der Waals surface area (Å²) in [7, 11) is 0. The summed E-state index contributed by atoms with van der Waals surface area (Å²) in [6.45, 7) is 1.10. The maximum absolute atomic E-state index is 12.8. The van der Waals surface area contributed by atoms with Crippen molar-refractivity contribution in [3.8, 4) is 6.07 Å². The monoisotopic (exact) mass is 310 g/mol. The van der Waals surface area contributed by atoms with Crippen LogP contribution in [0.1, 0.15) is 22.5 Å². The Balaban J connectivity index is 2.48. The number of rotatable bonds is 3. The molecule has 0 radical (unpaired) electrons. The van der Waals surface area contributed by atoms with E-state index in [9.17, 15) is 23.3 Å². The second-order valence-corrected chi connectivity index (χ2v) is 4.51. The van der Waals surface area contributed by atoms with Crippen LogP contribution in [0.2, 0.25) is 0 Å². The molecule has 0 fully saturated rings. The first-order valence-electron chi connectivity index (χ1n) is 6.02. The summed E-state index contributed by atoms with van der Waals surface area (Å²) in [6, 6.07) is 8.11. The zero-order valence-corrected chi connectivity index (χ0v) is 11.3. The average molecular weight is 310 g/mol.